The van der Waals surface area contributed by atoms with Gasteiger partial charge < -0.3 is 5.32 Å². The van der Waals surface area contributed by atoms with Crippen LogP contribution in [0.25, 0.3) is 16.9 Å². The maximum absolute atomic E-state index is 12.2. The second-order valence-electron chi connectivity index (χ2n) is 4.90. The number of imidazole rings is 1. The number of nitrogens with zero attached hydrogens (tertiary/aromatic N) is 4. The lowest BCUT2D eigenvalue weighted by Gasteiger charge is -2.06. The molecule has 0 spiro atoms. The minimum Gasteiger partial charge on any atom is -0.303 e. The van der Waals surface area contributed by atoms with E-state index in [4.69, 9.17) is 11.6 Å². The van der Waals surface area contributed by atoms with Gasteiger partial charge in [0.05, 0.1) is 16.9 Å². The first-order valence-electron chi connectivity index (χ1n) is 7.03. The lowest BCUT2D eigenvalue weighted by molar-refractivity contribution is 0.102. The number of hydrogen-bond donors (Lipinski definition) is 1. The lowest BCUT2D eigenvalue weighted by Crippen LogP contribution is -2.13. The van der Waals surface area contributed by atoms with Gasteiger partial charge in [-0.15, -0.1) is 11.3 Å². The number of halogens is 1. The van der Waals surface area contributed by atoms with Gasteiger partial charge in [0.15, 0.2) is 16.5 Å². The quantitative estimate of drug-likeness (QED) is 0.607. The number of rotatable bonds is 3. The van der Waals surface area contributed by atoms with Gasteiger partial charge in [-0.2, -0.15) is 9.61 Å². The van der Waals surface area contributed by atoms with Gasteiger partial charge in [-0.05, 0) is 18.2 Å². The average molecular weight is 356 g/mol. The van der Waals surface area contributed by atoms with Crippen molar-refractivity contribution in [3.63, 3.8) is 0 Å². The number of hydrogen-bond acceptors (Lipinski definition) is 5. The molecule has 1 aromatic carbocycles. The van der Waals surface area contributed by atoms with Crippen molar-refractivity contribution in [2.45, 2.75) is 0 Å². The van der Waals surface area contributed by atoms with Crippen LogP contribution in [0, 0.1) is 0 Å². The summed E-state index contributed by atoms with van der Waals surface area (Å²) in [7, 11) is 0. The van der Waals surface area contributed by atoms with Gasteiger partial charge in [0.1, 0.15) is 0 Å². The van der Waals surface area contributed by atoms with Crippen LogP contribution < -0.4 is 5.32 Å². The van der Waals surface area contributed by atoms with Crippen LogP contribution in [0.15, 0.2) is 54.2 Å². The van der Waals surface area contributed by atoms with Gasteiger partial charge in [-0.3, -0.25) is 4.79 Å². The van der Waals surface area contributed by atoms with E-state index in [0.29, 0.717) is 27.2 Å². The summed E-state index contributed by atoms with van der Waals surface area (Å²) in [5.41, 5.74) is 2.13. The molecule has 1 N–H and O–H groups in total. The fraction of sp³-hybridized carbons (Fsp3) is 0. The van der Waals surface area contributed by atoms with Crippen molar-refractivity contribution in [3.8, 4) is 11.3 Å². The smallest absolute Gasteiger partial charge is 0.285 e. The molecule has 0 saturated heterocycles. The summed E-state index contributed by atoms with van der Waals surface area (Å²) in [6.07, 6.45) is 3.14. The van der Waals surface area contributed by atoms with Crippen LogP contribution in [-0.4, -0.2) is 25.5 Å². The fourth-order valence-electron chi connectivity index (χ4n) is 2.28. The van der Waals surface area contributed by atoms with E-state index in [1.54, 1.807) is 22.3 Å². The Hall–Kier alpha value is -2.77. The van der Waals surface area contributed by atoms with E-state index in [-0.39, 0.29) is 5.91 Å². The highest BCUT2D eigenvalue weighted by Gasteiger charge is 2.13. The summed E-state index contributed by atoms with van der Waals surface area (Å²) in [6, 6.07) is 11.1. The number of aromatic nitrogens is 4. The molecule has 4 aromatic rings. The molecule has 0 aliphatic heterocycles. The third kappa shape index (κ3) is 2.64. The Bertz CT molecular complexity index is 1030. The van der Waals surface area contributed by atoms with Crippen molar-refractivity contribution in [2.75, 3.05) is 5.32 Å². The highest BCUT2D eigenvalue weighted by Crippen LogP contribution is 2.26. The Labute approximate surface area is 145 Å². The van der Waals surface area contributed by atoms with Crippen LogP contribution >= 0.6 is 22.9 Å². The first kappa shape index (κ1) is 14.8. The molecule has 0 aliphatic carbocycles. The molecule has 0 unspecified atom stereocenters. The number of amides is 1. The number of thiazole rings is 1. The average Bonchev–Trinajstić information content (AvgIpc) is 3.25. The summed E-state index contributed by atoms with van der Waals surface area (Å²) in [6.45, 7) is 0. The topological polar surface area (TPSA) is 72.2 Å². The number of carbonyl (C=O) groups excluding carboxylic acids is 1. The zero-order chi connectivity index (χ0) is 16.5. The van der Waals surface area contributed by atoms with Gasteiger partial charge in [0.25, 0.3) is 5.91 Å². The summed E-state index contributed by atoms with van der Waals surface area (Å²) < 4.78 is 1.57. The number of carbonyl (C=O) groups is 1. The molecular formula is C16H10ClN5OS. The molecule has 0 saturated carbocycles. The van der Waals surface area contributed by atoms with Crippen molar-refractivity contribution in [2.24, 2.45) is 0 Å². The number of fused-ring (bicyclic) bond motifs is 1. The van der Waals surface area contributed by atoms with Gasteiger partial charge in [-0.1, -0.05) is 29.8 Å². The Morgan fingerprint density at radius 2 is 2.04 bits per heavy atom. The SMILES string of the molecule is O=C(Nc1cnc2ccc(-c3ccccc3Cl)nn12)c1nccs1. The van der Waals surface area contributed by atoms with E-state index in [1.165, 1.54) is 11.3 Å². The van der Waals surface area contributed by atoms with Crippen molar-refractivity contribution < 1.29 is 4.79 Å². The summed E-state index contributed by atoms with van der Waals surface area (Å²) in [4.78, 5) is 20.4. The molecular weight excluding hydrogens is 346 g/mol. The zero-order valence-electron chi connectivity index (χ0n) is 12.2. The summed E-state index contributed by atoms with van der Waals surface area (Å²) in [5, 5.41) is 10.1. The van der Waals surface area contributed by atoms with Crippen molar-refractivity contribution in [3.05, 3.63) is 64.2 Å². The van der Waals surface area contributed by atoms with Gasteiger partial charge >= 0.3 is 0 Å². The van der Waals surface area contributed by atoms with Crippen LogP contribution in [-0.2, 0) is 0 Å². The predicted octanol–water partition coefficient (Wildman–Crippen LogP) is 3.76. The summed E-state index contributed by atoms with van der Waals surface area (Å²) in [5.74, 6) is 0.177. The van der Waals surface area contributed by atoms with Crippen LogP contribution in [0.4, 0.5) is 5.82 Å². The normalized spacial score (nSPS) is 10.9. The fourth-order valence-corrected chi connectivity index (χ4v) is 3.04. The predicted molar refractivity (Wildman–Crippen MR) is 93.5 cm³/mol. The second-order valence-corrected chi connectivity index (χ2v) is 6.21. The summed E-state index contributed by atoms with van der Waals surface area (Å²) >= 11 is 7.50. The largest absolute Gasteiger partial charge is 0.303 e. The van der Waals surface area contributed by atoms with Gasteiger partial charge in [-0.25, -0.2) is 9.97 Å². The number of nitrogens with one attached hydrogen (secondary N) is 1. The van der Waals surface area contributed by atoms with E-state index < -0.39 is 0 Å². The Morgan fingerprint density at radius 3 is 2.83 bits per heavy atom. The number of benzene rings is 1. The van der Waals surface area contributed by atoms with Gasteiger partial charge in [0.2, 0.25) is 0 Å². The van der Waals surface area contributed by atoms with Crippen molar-refractivity contribution >= 4 is 40.3 Å². The monoisotopic (exact) mass is 355 g/mol. The molecule has 0 bridgehead atoms. The molecule has 0 fully saturated rings. The molecule has 3 heterocycles. The van der Waals surface area contributed by atoms with Crippen LogP contribution in [0.5, 0.6) is 0 Å². The number of anilines is 1. The third-order valence-corrected chi connectivity index (χ3v) is 4.48. The molecule has 1 amide bonds. The van der Waals surface area contributed by atoms with E-state index in [0.717, 1.165) is 5.56 Å². The minimum absolute atomic E-state index is 0.295. The first-order chi connectivity index (χ1) is 11.7. The zero-order valence-corrected chi connectivity index (χ0v) is 13.8. The van der Waals surface area contributed by atoms with Crippen molar-refractivity contribution in [1.82, 2.24) is 19.6 Å². The molecule has 0 radical (unpaired) electrons. The van der Waals surface area contributed by atoms with E-state index >= 15 is 0 Å². The Balaban J connectivity index is 1.74. The van der Waals surface area contributed by atoms with E-state index in [9.17, 15) is 4.79 Å². The lowest BCUT2D eigenvalue weighted by atomic mass is 10.1. The molecule has 6 nitrogen and oxygen atoms in total. The molecule has 3 aromatic heterocycles. The maximum Gasteiger partial charge on any atom is 0.285 e. The van der Waals surface area contributed by atoms with Crippen molar-refractivity contribution in [1.29, 1.82) is 0 Å². The third-order valence-electron chi connectivity index (χ3n) is 3.38. The molecule has 0 aliphatic rings. The molecule has 4 rings (SSSR count). The maximum atomic E-state index is 12.2. The Kier molecular flexibility index (Phi) is 3.72. The molecule has 24 heavy (non-hydrogen) atoms. The first-order valence-corrected chi connectivity index (χ1v) is 8.29. The second kappa shape index (κ2) is 6.03. The van der Waals surface area contributed by atoms with Crippen LogP contribution in [0.1, 0.15) is 9.80 Å². The van der Waals surface area contributed by atoms with E-state index in [2.05, 4.69) is 20.4 Å². The van der Waals surface area contributed by atoms with Crippen LogP contribution in [0.2, 0.25) is 5.02 Å². The molecule has 0 atom stereocenters. The molecule has 118 valence electrons. The highest BCUT2D eigenvalue weighted by molar-refractivity contribution is 7.11. The molecule has 8 heteroatoms. The standard InChI is InChI=1S/C16H10ClN5OS/c17-11-4-2-1-3-10(11)12-5-6-13-19-9-14(22(13)21-12)20-15(23)16-18-7-8-24-16/h1-9H,(H,20,23). The van der Waals surface area contributed by atoms with Gasteiger partial charge in [0, 0.05) is 17.1 Å². The van der Waals surface area contributed by atoms with Crippen LogP contribution in [0.3, 0.4) is 0 Å². The van der Waals surface area contributed by atoms with E-state index in [1.807, 2.05) is 36.4 Å². The minimum atomic E-state index is -0.295. The highest BCUT2D eigenvalue weighted by atomic mass is 35.5. The Morgan fingerprint density at radius 1 is 1.17 bits per heavy atom.